The smallest absolute Gasteiger partial charge is 0.160 e. The number of nitrogens with one attached hydrogen (secondary N) is 1. The molecule has 0 amide bonds. The summed E-state index contributed by atoms with van der Waals surface area (Å²) in [5.41, 5.74) is 3.42. The van der Waals surface area contributed by atoms with E-state index in [-0.39, 0.29) is 16.9 Å². The van der Waals surface area contributed by atoms with Gasteiger partial charge in [0.15, 0.2) is 5.78 Å². The van der Waals surface area contributed by atoms with Crippen molar-refractivity contribution in [2.45, 2.75) is 70.8 Å². The molecule has 0 bridgehead atoms. The van der Waals surface area contributed by atoms with Gasteiger partial charge in [-0.15, -0.1) is 0 Å². The van der Waals surface area contributed by atoms with Crippen molar-refractivity contribution in [3.8, 4) is 0 Å². The Kier molecular flexibility index (Phi) is 4.12. The van der Waals surface area contributed by atoms with E-state index in [0.717, 1.165) is 18.5 Å². The summed E-state index contributed by atoms with van der Waals surface area (Å²) >= 11 is 0. The van der Waals surface area contributed by atoms with Gasteiger partial charge in [-0.1, -0.05) is 57.4 Å². The molecule has 23 heavy (non-hydrogen) atoms. The fraction of sp³-hybridized carbons (Fsp3) is 0.571. The number of hydrogen-bond donors (Lipinski definition) is 1. The van der Waals surface area contributed by atoms with E-state index in [9.17, 15) is 4.79 Å². The van der Waals surface area contributed by atoms with Gasteiger partial charge in [-0.25, -0.2) is 0 Å². The third kappa shape index (κ3) is 2.84. The SMILES string of the molecule is CC1(C)NC(=CC(=O)C2CCCCC2)c2ccccc2C1(C)C. The van der Waals surface area contributed by atoms with Crippen LogP contribution in [0.1, 0.15) is 70.9 Å². The maximum Gasteiger partial charge on any atom is 0.160 e. The average molecular weight is 311 g/mol. The van der Waals surface area contributed by atoms with Crippen molar-refractivity contribution in [2.75, 3.05) is 0 Å². The Morgan fingerprint density at radius 1 is 1.09 bits per heavy atom. The Morgan fingerprint density at radius 3 is 2.43 bits per heavy atom. The number of hydrogen-bond acceptors (Lipinski definition) is 2. The lowest BCUT2D eigenvalue weighted by atomic mass is 9.65. The van der Waals surface area contributed by atoms with Gasteiger partial charge in [0.05, 0.1) is 0 Å². The number of allylic oxidation sites excluding steroid dienone is 1. The molecule has 0 aromatic heterocycles. The largest absolute Gasteiger partial charge is 0.379 e. The lowest BCUT2D eigenvalue weighted by molar-refractivity contribution is -0.119. The second-order valence-corrected chi connectivity index (χ2v) is 8.22. The van der Waals surface area contributed by atoms with Crippen LogP contribution in [0.4, 0.5) is 0 Å². The zero-order valence-electron chi connectivity index (χ0n) is 14.9. The van der Waals surface area contributed by atoms with E-state index in [1.54, 1.807) is 0 Å². The van der Waals surface area contributed by atoms with Gasteiger partial charge in [0, 0.05) is 34.2 Å². The summed E-state index contributed by atoms with van der Waals surface area (Å²) in [6, 6.07) is 8.51. The molecule has 1 saturated carbocycles. The summed E-state index contributed by atoms with van der Waals surface area (Å²) in [6.07, 6.45) is 7.66. The van der Waals surface area contributed by atoms with Crippen molar-refractivity contribution in [3.05, 3.63) is 41.5 Å². The molecule has 1 aliphatic heterocycles. The average Bonchev–Trinajstić information content (AvgIpc) is 2.53. The summed E-state index contributed by atoms with van der Waals surface area (Å²) in [5, 5.41) is 3.65. The summed E-state index contributed by atoms with van der Waals surface area (Å²) in [5.74, 6) is 0.528. The Morgan fingerprint density at radius 2 is 1.74 bits per heavy atom. The topological polar surface area (TPSA) is 29.1 Å². The van der Waals surface area contributed by atoms with Gasteiger partial charge in [0.1, 0.15) is 0 Å². The molecular formula is C21H29NO. The van der Waals surface area contributed by atoms with Crippen LogP contribution in [0.2, 0.25) is 0 Å². The lowest BCUT2D eigenvalue weighted by Gasteiger charge is -2.49. The highest BCUT2D eigenvalue weighted by atomic mass is 16.1. The highest BCUT2D eigenvalue weighted by molar-refractivity contribution is 5.98. The summed E-state index contributed by atoms with van der Waals surface area (Å²) in [7, 11) is 0. The number of carbonyl (C=O) groups excluding carboxylic acids is 1. The van der Waals surface area contributed by atoms with Gasteiger partial charge in [0.25, 0.3) is 0 Å². The van der Waals surface area contributed by atoms with E-state index in [0.29, 0.717) is 5.78 Å². The molecule has 0 spiro atoms. The highest BCUT2D eigenvalue weighted by Crippen LogP contribution is 2.43. The lowest BCUT2D eigenvalue weighted by Crippen LogP contribution is -2.56. The Labute approximate surface area is 140 Å². The molecule has 124 valence electrons. The highest BCUT2D eigenvalue weighted by Gasteiger charge is 2.44. The summed E-state index contributed by atoms with van der Waals surface area (Å²) < 4.78 is 0. The molecule has 2 heteroatoms. The maximum atomic E-state index is 12.7. The maximum absolute atomic E-state index is 12.7. The van der Waals surface area contributed by atoms with Crippen LogP contribution in [0, 0.1) is 5.92 Å². The monoisotopic (exact) mass is 311 g/mol. The molecular weight excluding hydrogens is 282 g/mol. The second kappa shape index (κ2) is 5.81. The molecule has 0 atom stereocenters. The third-order valence-electron chi connectivity index (χ3n) is 6.19. The molecule has 1 N–H and O–H groups in total. The molecule has 1 aromatic carbocycles. The molecule has 1 aromatic rings. The fourth-order valence-corrected chi connectivity index (χ4v) is 3.92. The number of carbonyl (C=O) groups is 1. The Bertz CT molecular complexity index is 633. The first kappa shape index (κ1) is 16.3. The molecule has 0 radical (unpaired) electrons. The van der Waals surface area contributed by atoms with Crippen LogP contribution < -0.4 is 5.32 Å². The van der Waals surface area contributed by atoms with Crippen LogP contribution in [0.3, 0.4) is 0 Å². The van der Waals surface area contributed by atoms with Crippen LogP contribution >= 0.6 is 0 Å². The zero-order valence-corrected chi connectivity index (χ0v) is 14.9. The van der Waals surface area contributed by atoms with Gasteiger partial charge in [-0.3, -0.25) is 4.79 Å². The summed E-state index contributed by atoms with van der Waals surface area (Å²) in [4.78, 5) is 12.7. The van der Waals surface area contributed by atoms with Gasteiger partial charge < -0.3 is 5.32 Å². The van der Waals surface area contributed by atoms with Gasteiger partial charge in [-0.05, 0) is 32.3 Å². The summed E-state index contributed by atoms with van der Waals surface area (Å²) in [6.45, 7) is 9.00. The van der Waals surface area contributed by atoms with Crippen LogP contribution in [-0.4, -0.2) is 11.3 Å². The first-order chi connectivity index (χ1) is 10.8. The molecule has 1 aliphatic carbocycles. The van der Waals surface area contributed by atoms with Gasteiger partial charge in [-0.2, -0.15) is 0 Å². The molecule has 2 nitrogen and oxygen atoms in total. The number of fused-ring (bicyclic) bond motifs is 1. The van der Waals surface area contributed by atoms with E-state index in [1.807, 2.05) is 6.08 Å². The minimum absolute atomic E-state index is 0.00875. The van der Waals surface area contributed by atoms with Crippen molar-refractivity contribution in [3.63, 3.8) is 0 Å². The quantitative estimate of drug-likeness (QED) is 0.792. The molecule has 1 heterocycles. The molecule has 2 aliphatic rings. The van der Waals surface area contributed by atoms with Crippen molar-refractivity contribution in [1.82, 2.24) is 5.32 Å². The predicted octanol–water partition coefficient (Wildman–Crippen LogP) is 4.84. The zero-order chi connectivity index (χ0) is 16.7. The predicted molar refractivity (Wildman–Crippen MR) is 96.2 cm³/mol. The number of benzene rings is 1. The van der Waals surface area contributed by atoms with E-state index < -0.39 is 0 Å². The van der Waals surface area contributed by atoms with E-state index in [2.05, 4.69) is 57.3 Å². The van der Waals surface area contributed by atoms with Crippen molar-refractivity contribution in [1.29, 1.82) is 0 Å². The van der Waals surface area contributed by atoms with E-state index in [4.69, 9.17) is 0 Å². The van der Waals surface area contributed by atoms with Crippen LogP contribution in [0.25, 0.3) is 5.70 Å². The van der Waals surface area contributed by atoms with E-state index >= 15 is 0 Å². The van der Waals surface area contributed by atoms with Crippen LogP contribution in [0.5, 0.6) is 0 Å². The molecule has 0 saturated heterocycles. The van der Waals surface area contributed by atoms with Gasteiger partial charge in [0.2, 0.25) is 0 Å². The minimum Gasteiger partial charge on any atom is -0.379 e. The first-order valence-electron chi connectivity index (χ1n) is 8.96. The van der Waals surface area contributed by atoms with E-state index in [1.165, 1.54) is 30.4 Å². The number of ketones is 1. The van der Waals surface area contributed by atoms with Gasteiger partial charge >= 0.3 is 0 Å². The molecule has 0 unspecified atom stereocenters. The van der Waals surface area contributed by atoms with Crippen LogP contribution in [-0.2, 0) is 10.2 Å². The Balaban J connectivity index is 1.99. The molecule has 1 fully saturated rings. The fourth-order valence-electron chi connectivity index (χ4n) is 3.92. The third-order valence-corrected chi connectivity index (χ3v) is 6.19. The Hall–Kier alpha value is -1.57. The normalized spacial score (nSPS) is 24.8. The van der Waals surface area contributed by atoms with Crippen molar-refractivity contribution >= 4 is 11.5 Å². The number of rotatable bonds is 2. The standard InChI is InChI=1S/C21H29NO/c1-20(2)17-13-9-8-12-16(17)18(22-21(20,3)4)14-19(23)15-10-6-5-7-11-15/h8-9,12-15,22H,5-7,10-11H2,1-4H3. The van der Waals surface area contributed by atoms with Crippen molar-refractivity contribution < 1.29 is 4.79 Å². The molecule has 3 rings (SSSR count). The van der Waals surface area contributed by atoms with Crippen LogP contribution in [0.15, 0.2) is 30.3 Å². The minimum atomic E-state index is -0.0972. The first-order valence-corrected chi connectivity index (χ1v) is 8.96. The van der Waals surface area contributed by atoms with Crippen molar-refractivity contribution in [2.24, 2.45) is 5.92 Å². The second-order valence-electron chi connectivity index (χ2n) is 8.22.